The quantitative estimate of drug-likeness (QED) is 0.717. The topological polar surface area (TPSA) is 81.8 Å². The zero-order valence-corrected chi connectivity index (χ0v) is 13.5. The van der Waals surface area contributed by atoms with E-state index in [0.717, 1.165) is 6.42 Å². The Balaban J connectivity index is 1.84. The second kappa shape index (κ2) is 7.53. The number of rotatable bonds is 5. The Bertz CT molecular complexity index is 440. The minimum absolute atomic E-state index is 0.0703. The Hall–Kier alpha value is -0.700. The number of piperidine rings is 1. The molecule has 7 nitrogen and oxygen atoms in total. The van der Waals surface area contributed by atoms with Gasteiger partial charge in [-0.25, -0.2) is 0 Å². The molecule has 2 fully saturated rings. The van der Waals surface area contributed by atoms with Gasteiger partial charge in [0.2, 0.25) is 5.91 Å². The lowest BCUT2D eigenvalue weighted by Gasteiger charge is -2.36. The van der Waals surface area contributed by atoms with E-state index in [0.29, 0.717) is 58.5 Å². The van der Waals surface area contributed by atoms with E-state index in [4.69, 9.17) is 0 Å². The Kier molecular flexibility index (Phi) is 5.98. The lowest BCUT2D eigenvalue weighted by Crippen LogP contribution is -2.54. The van der Waals surface area contributed by atoms with Crippen molar-refractivity contribution in [3.05, 3.63) is 0 Å². The minimum atomic E-state index is -3.33. The van der Waals surface area contributed by atoms with E-state index in [1.54, 1.807) is 8.61 Å². The molecule has 2 heterocycles. The number of nitrogens with zero attached hydrogens (tertiary/aromatic N) is 2. The predicted molar refractivity (Wildman–Crippen MR) is 81.0 cm³/mol. The van der Waals surface area contributed by atoms with Crippen molar-refractivity contribution < 1.29 is 13.2 Å². The third-order valence-electron chi connectivity index (χ3n) is 4.02. The molecule has 21 heavy (non-hydrogen) atoms. The molecule has 0 bridgehead atoms. The first-order valence-corrected chi connectivity index (χ1v) is 9.19. The fourth-order valence-corrected chi connectivity index (χ4v) is 4.44. The van der Waals surface area contributed by atoms with Gasteiger partial charge in [0.25, 0.3) is 10.2 Å². The normalized spacial score (nSPS) is 23.1. The molecule has 2 saturated heterocycles. The maximum atomic E-state index is 12.5. The van der Waals surface area contributed by atoms with E-state index in [1.807, 2.05) is 6.92 Å². The summed E-state index contributed by atoms with van der Waals surface area (Å²) in [6, 6.07) is 0.110. The van der Waals surface area contributed by atoms with Crippen molar-refractivity contribution >= 4 is 16.1 Å². The monoisotopic (exact) mass is 318 g/mol. The number of hydrogen-bond donors (Lipinski definition) is 2. The van der Waals surface area contributed by atoms with Gasteiger partial charge in [-0.1, -0.05) is 6.92 Å². The van der Waals surface area contributed by atoms with E-state index in [9.17, 15) is 13.2 Å². The summed E-state index contributed by atoms with van der Waals surface area (Å²) < 4.78 is 28.1. The van der Waals surface area contributed by atoms with Gasteiger partial charge in [-0.15, -0.1) is 0 Å². The molecule has 0 unspecified atom stereocenters. The van der Waals surface area contributed by atoms with Crippen LogP contribution in [0.1, 0.15) is 32.6 Å². The highest BCUT2D eigenvalue weighted by molar-refractivity contribution is 7.86. The fourth-order valence-electron chi connectivity index (χ4n) is 2.80. The Labute approximate surface area is 127 Å². The largest absolute Gasteiger partial charge is 0.353 e. The highest BCUT2D eigenvalue weighted by atomic mass is 32.2. The molecule has 0 atom stereocenters. The van der Waals surface area contributed by atoms with Crippen LogP contribution in [0.15, 0.2) is 0 Å². The first-order chi connectivity index (χ1) is 10.0. The summed E-state index contributed by atoms with van der Waals surface area (Å²) in [6.45, 7) is 5.45. The Morgan fingerprint density at radius 1 is 1.14 bits per heavy atom. The molecular weight excluding hydrogens is 292 g/mol. The molecule has 1 amide bonds. The molecule has 0 radical (unpaired) electrons. The van der Waals surface area contributed by atoms with Crippen molar-refractivity contribution in [3.63, 3.8) is 0 Å². The number of piperazine rings is 1. The summed E-state index contributed by atoms with van der Waals surface area (Å²) >= 11 is 0. The van der Waals surface area contributed by atoms with Crippen LogP contribution >= 0.6 is 0 Å². The number of amides is 1. The third kappa shape index (κ3) is 4.38. The highest BCUT2D eigenvalue weighted by Gasteiger charge is 2.33. The number of hydrogen-bond acceptors (Lipinski definition) is 4. The Morgan fingerprint density at radius 2 is 1.71 bits per heavy atom. The van der Waals surface area contributed by atoms with Gasteiger partial charge in [-0.3, -0.25) is 4.79 Å². The van der Waals surface area contributed by atoms with E-state index in [2.05, 4.69) is 10.6 Å². The summed E-state index contributed by atoms with van der Waals surface area (Å²) in [7, 11) is -3.33. The first-order valence-electron chi connectivity index (χ1n) is 7.79. The molecule has 2 aliphatic heterocycles. The number of carbonyl (C=O) groups excluding carboxylic acids is 1. The molecular formula is C13H26N4O3S. The van der Waals surface area contributed by atoms with Gasteiger partial charge in [0.1, 0.15) is 0 Å². The van der Waals surface area contributed by atoms with Crippen molar-refractivity contribution in [2.45, 2.75) is 38.6 Å². The van der Waals surface area contributed by atoms with Crippen LogP contribution in [0.5, 0.6) is 0 Å². The van der Waals surface area contributed by atoms with E-state index in [1.165, 1.54) is 0 Å². The smallest absolute Gasteiger partial charge is 0.282 e. The summed E-state index contributed by atoms with van der Waals surface area (Å²) in [6.07, 6.45) is 2.77. The summed E-state index contributed by atoms with van der Waals surface area (Å²) in [5.41, 5.74) is 0. The molecule has 0 aromatic carbocycles. The molecule has 0 aliphatic carbocycles. The maximum absolute atomic E-state index is 12.5. The van der Waals surface area contributed by atoms with E-state index >= 15 is 0 Å². The average Bonchev–Trinajstić information content (AvgIpc) is 2.49. The molecule has 2 rings (SSSR count). The van der Waals surface area contributed by atoms with Crippen molar-refractivity contribution in [2.75, 3.05) is 39.3 Å². The van der Waals surface area contributed by atoms with Crippen molar-refractivity contribution in [1.82, 2.24) is 19.2 Å². The van der Waals surface area contributed by atoms with E-state index < -0.39 is 10.2 Å². The second-order valence-corrected chi connectivity index (χ2v) is 7.58. The van der Waals surface area contributed by atoms with Crippen LogP contribution in [0.3, 0.4) is 0 Å². The SMILES string of the molecule is CCCC(=O)NC1CCN(S(=O)(=O)N2CCNCC2)CC1. The van der Waals surface area contributed by atoms with Crippen LogP contribution in [0.2, 0.25) is 0 Å². The molecule has 0 aromatic heterocycles. The summed E-state index contributed by atoms with van der Waals surface area (Å²) in [4.78, 5) is 11.6. The molecule has 2 N–H and O–H groups in total. The second-order valence-electron chi connectivity index (χ2n) is 5.65. The van der Waals surface area contributed by atoms with Gasteiger partial charge in [0.05, 0.1) is 0 Å². The summed E-state index contributed by atoms with van der Waals surface area (Å²) in [5.74, 6) is 0.0703. The molecule has 8 heteroatoms. The fraction of sp³-hybridized carbons (Fsp3) is 0.923. The minimum Gasteiger partial charge on any atom is -0.353 e. The zero-order valence-electron chi connectivity index (χ0n) is 12.7. The number of carbonyl (C=O) groups is 1. The van der Waals surface area contributed by atoms with Gasteiger partial charge < -0.3 is 10.6 Å². The van der Waals surface area contributed by atoms with Gasteiger partial charge in [0, 0.05) is 51.7 Å². The van der Waals surface area contributed by atoms with Crippen LogP contribution in [0.25, 0.3) is 0 Å². The van der Waals surface area contributed by atoms with Crippen molar-refractivity contribution in [2.24, 2.45) is 0 Å². The van der Waals surface area contributed by atoms with Crippen LogP contribution in [0, 0.1) is 0 Å². The van der Waals surface area contributed by atoms with Crippen molar-refractivity contribution in [3.8, 4) is 0 Å². The van der Waals surface area contributed by atoms with Crippen LogP contribution in [-0.4, -0.2) is 68.2 Å². The maximum Gasteiger partial charge on any atom is 0.282 e. The lowest BCUT2D eigenvalue weighted by atomic mass is 10.1. The lowest BCUT2D eigenvalue weighted by molar-refractivity contribution is -0.122. The zero-order chi connectivity index (χ0) is 15.3. The van der Waals surface area contributed by atoms with Crippen LogP contribution in [-0.2, 0) is 15.0 Å². The Morgan fingerprint density at radius 3 is 2.29 bits per heavy atom. The van der Waals surface area contributed by atoms with Gasteiger partial charge in [-0.05, 0) is 19.3 Å². The molecule has 0 aromatic rings. The van der Waals surface area contributed by atoms with Gasteiger partial charge >= 0.3 is 0 Å². The standard InChI is InChI=1S/C13H26N4O3S/c1-2-3-13(18)15-12-4-8-16(9-5-12)21(19,20)17-10-6-14-7-11-17/h12,14H,2-11H2,1H3,(H,15,18). The summed E-state index contributed by atoms with van der Waals surface area (Å²) in [5, 5.41) is 6.15. The number of nitrogens with one attached hydrogen (secondary N) is 2. The third-order valence-corrected chi connectivity index (χ3v) is 6.06. The highest BCUT2D eigenvalue weighted by Crippen LogP contribution is 2.17. The van der Waals surface area contributed by atoms with Gasteiger partial charge in [-0.2, -0.15) is 17.0 Å². The van der Waals surface area contributed by atoms with Crippen molar-refractivity contribution in [1.29, 1.82) is 0 Å². The molecule has 2 aliphatic rings. The first kappa shape index (κ1) is 16.7. The molecule has 122 valence electrons. The predicted octanol–water partition coefficient (Wildman–Crippen LogP) is -0.483. The van der Waals surface area contributed by atoms with Crippen LogP contribution < -0.4 is 10.6 Å². The van der Waals surface area contributed by atoms with E-state index in [-0.39, 0.29) is 11.9 Å². The molecule has 0 saturated carbocycles. The van der Waals surface area contributed by atoms with Gasteiger partial charge in [0.15, 0.2) is 0 Å². The van der Waals surface area contributed by atoms with Crippen LogP contribution in [0.4, 0.5) is 0 Å². The average molecular weight is 318 g/mol. The molecule has 0 spiro atoms.